The Kier molecular flexibility index (Phi) is 1.93. The molecule has 0 atom stereocenters. The molecule has 4 rings (SSSR count). The summed E-state index contributed by atoms with van der Waals surface area (Å²) in [5, 5.41) is 0. The van der Waals surface area contributed by atoms with Gasteiger partial charge in [0, 0.05) is 6.54 Å². The Bertz CT molecular complexity index is 391. The summed E-state index contributed by atoms with van der Waals surface area (Å²) in [6.07, 6.45) is 3.18. The molecular weight excluding hydrogens is 186 g/mol. The van der Waals surface area contributed by atoms with Gasteiger partial charge in [-0.2, -0.15) is 0 Å². The summed E-state index contributed by atoms with van der Waals surface area (Å²) >= 11 is 0. The largest absolute Gasteiger partial charge is 0.302 e. The summed E-state index contributed by atoms with van der Waals surface area (Å²) in [5.41, 5.74) is 2.45. The van der Waals surface area contributed by atoms with Crippen LogP contribution in [-0.4, -0.2) is 24.3 Å². The van der Waals surface area contributed by atoms with Gasteiger partial charge in [0.25, 0.3) is 0 Å². The Labute approximate surface area is 89.9 Å². The molecule has 0 saturated carbocycles. The molecule has 1 saturated heterocycles. The normalized spacial score (nSPS) is 33.2. The highest BCUT2D eigenvalue weighted by atomic mass is 16.1. The number of hydrogen-bond acceptors (Lipinski definition) is 2. The molecule has 0 radical (unpaired) electrons. The molecule has 15 heavy (non-hydrogen) atoms. The van der Waals surface area contributed by atoms with Gasteiger partial charge in [-0.15, -0.1) is 0 Å². The van der Waals surface area contributed by atoms with E-state index in [2.05, 4.69) is 29.2 Å². The Morgan fingerprint density at radius 3 is 2.67 bits per heavy atom. The van der Waals surface area contributed by atoms with Crippen LogP contribution >= 0.6 is 0 Å². The molecule has 2 nitrogen and oxygen atoms in total. The highest BCUT2D eigenvalue weighted by Crippen LogP contribution is 2.39. The van der Waals surface area contributed by atoms with E-state index in [0.29, 0.717) is 0 Å². The molecule has 1 fully saturated rings. The lowest BCUT2D eigenvalue weighted by molar-refractivity contribution is -0.114. The minimum absolute atomic E-state index is 0.177. The van der Waals surface area contributed by atoms with Crippen LogP contribution in [0.3, 0.4) is 0 Å². The third-order valence-corrected chi connectivity index (χ3v) is 3.92. The molecule has 0 spiro atoms. The average molecular weight is 201 g/mol. The van der Waals surface area contributed by atoms with Gasteiger partial charge >= 0.3 is 0 Å². The number of aldehydes is 1. The van der Waals surface area contributed by atoms with Gasteiger partial charge in [0.1, 0.15) is 6.29 Å². The zero-order valence-electron chi connectivity index (χ0n) is 8.78. The van der Waals surface area contributed by atoms with Crippen molar-refractivity contribution in [1.82, 2.24) is 4.90 Å². The minimum Gasteiger partial charge on any atom is -0.302 e. The maximum absolute atomic E-state index is 11.4. The van der Waals surface area contributed by atoms with Crippen LogP contribution in [-0.2, 0) is 16.8 Å². The fraction of sp³-hybridized carbons (Fsp3) is 0.462. The Hall–Kier alpha value is -1.15. The number of fused-ring (bicyclic) bond motifs is 2. The summed E-state index contributed by atoms with van der Waals surface area (Å²) in [4.78, 5) is 13.9. The van der Waals surface area contributed by atoms with Crippen molar-refractivity contribution in [1.29, 1.82) is 0 Å². The Morgan fingerprint density at radius 1 is 1.20 bits per heavy atom. The van der Waals surface area contributed by atoms with Crippen LogP contribution in [0.2, 0.25) is 0 Å². The molecule has 1 aromatic rings. The van der Waals surface area contributed by atoms with E-state index in [9.17, 15) is 4.79 Å². The number of rotatable bonds is 1. The lowest BCUT2D eigenvalue weighted by Gasteiger charge is -2.34. The first kappa shape index (κ1) is 9.10. The van der Waals surface area contributed by atoms with Gasteiger partial charge in [-0.05, 0) is 37.1 Å². The fourth-order valence-electron chi connectivity index (χ4n) is 2.95. The molecule has 3 heterocycles. The van der Waals surface area contributed by atoms with Crippen molar-refractivity contribution in [3.05, 3.63) is 35.4 Å². The van der Waals surface area contributed by atoms with Crippen LogP contribution in [0.1, 0.15) is 24.0 Å². The van der Waals surface area contributed by atoms with Gasteiger partial charge in [-0.1, -0.05) is 24.3 Å². The van der Waals surface area contributed by atoms with Crippen molar-refractivity contribution >= 4 is 6.29 Å². The van der Waals surface area contributed by atoms with Crippen molar-refractivity contribution in [2.75, 3.05) is 13.1 Å². The van der Waals surface area contributed by atoms with Gasteiger partial charge in [0.05, 0.1) is 5.41 Å². The third-order valence-electron chi connectivity index (χ3n) is 3.92. The van der Waals surface area contributed by atoms with Gasteiger partial charge in [-0.25, -0.2) is 0 Å². The maximum atomic E-state index is 11.4. The SMILES string of the molecule is O=CC12CCN(CC1)Cc1ccccc12. The standard InChI is InChI=1S/C13H15NO/c15-10-13-5-7-14(8-6-13)9-11-3-1-2-4-12(11)13/h1-4,10H,5-9H2. The monoisotopic (exact) mass is 201 g/mol. The number of nitrogens with zero attached hydrogens (tertiary/aromatic N) is 1. The van der Waals surface area contributed by atoms with Crippen LogP contribution < -0.4 is 0 Å². The molecule has 2 heteroatoms. The first-order valence-electron chi connectivity index (χ1n) is 5.61. The summed E-state index contributed by atoms with van der Waals surface area (Å²) in [6, 6.07) is 8.43. The van der Waals surface area contributed by atoms with E-state index in [1.165, 1.54) is 17.4 Å². The lowest BCUT2D eigenvalue weighted by atomic mass is 9.74. The number of hydrogen-bond donors (Lipinski definition) is 0. The van der Waals surface area contributed by atoms with Crippen LogP contribution in [0.15, 0.2) is 24.3 Å². The number of carbonyl (C=O) groups is 1. The molecule has 78 valence electrons. The van der Waals surface area contributed by atoms with Crippen LogP contribution in [0, 0.1) is 0 Å². The highest BCUT2D eigenvalue weighted by Gasteiger charge is 2.40. The molecule has 0 amide bonds. The van der Waals surface area contributed by atoms with Gasteiger partial charge in [0.15, 0.2) is 0 Å². The van der Waals surface area contributed by atoms with Crippen molar-refractivity contribution in [2.45, 2.75) is 24.8 Å². The van der Waals surface area contributed by atoms with E-state index < -0.39 is 0 Å². The van der Waals surface area contributed by atoms with E-state index in [-0.39, 0.29) is 5.41 Å². The molecule has 0 aliphatic carbocycles. The minimum atomic E-state index is -0.177. The number of benzene rings is 1. The smallest absolute Gasteiger partial charge is 0.130 e. The quantitative estimate of drug-likeness (QED) is 0.645. The zero-order chi connectivity index (χ0) is 10.3. The second-order valence-electron chi connectivity index (χ2n) is 4.71. The Balaban J connectivity index is 2.20. The van der Waals surface area contributed by atoms with E-state index in [1.807, 2.05) is 0 Å². The summed E-state index contributed by atoms with van der Waals surface area (Å²) < 4.78 is 0. The average Bonchev–Trinajstić information content (AvgIpc) is 2.56. The van der Waals surface area contributed by atoms with Crippen molar-refractivity contribution in [3.8, 4) is 0 Å². The number of piperidine rings is 1. The van der Waals surface area contributed by atoms with Crippen molar-refractivity contribution in [2.24, 2.45) is 0 Å². The highest BCUT2D eigenvalue weighted by molar-refractivity contribution is 5.70. The van der Waals surface area contributed by atoms with E-state index in [1.54, 1.807) is 0 Å². The van der Waals surface area contributed by atoms with Crippen LogP contribution in [0.4, 0.5) is 0 Å². The summed E-state index contributed by atoms with van der Waals surface area (Å²) in [7, 11) is 0. The van der Waals surface area contributed by atoms with Crippen LogP contribution in [0.5, 0.6) is 0 Å². The third kappa shape index (κ3) is 1.25. The maximum Gasteiger partial charge on any atom is 0.130 e. The lowest BCUT2D eigenvalue weighted by Crippen LogP contribution is -2.39. The molecule has 0 aromatic heterocycles. The predicted octanol–water partition coefficient (Wildman–Crippen LogP) is 1.73. The Morgan fingerprint density at radius 2 is 1.93 bits per heavy atom. The topological polar surface area (TPSA) is 20.3 Å². The van der Waals surface area contributed by atoms with Crippen molar-refractivity contribution < 1.29 is 4.79 Å². The van der Waals surface area contributed by atoms with Gasteiger partial charge in [-0.3, -0.25) is 4.90 Å². The summed E-state index contributed by atoms with van der Waals surface area (Å²) in [6.45, 7) is 3.15. The number of carbonyl (C=O) groups excluding carboxylic acids is 1. The van der Waals surface area contributed by atoms with E-state index in [0.717, 1.165) is 32.5 Å². The van der Waals surface area contributed by atoms with E-state index in [4.69, 9.17) is 0 Å². The van der Waals surface area contributed by atoms with Crippen LogP contribution in [0.25, 0.3) is 0 Å². The van der Waals surface area contributed by atoms with Gasteiger partial charge < -0.3 is 4.79 Å². The second-order valence-corrected chi connectivity index (χ2v) is 4.71. The zero-order valence-corrected chi connectivity index (χ0v) is 8.78. The molecule has 3 aliphatic rings. The first-order valence-corrected chi connectivity index (χ1v) is 5.61. The predicted molar refractivity (Wildman–Crippen MR) is 58.7 cm³/mol. The first-order chi connectivity index (χ1) is 7.34. The molecule has 2 bridgehead atoms. The molecule has 3 aliphatic heterocycles. The molecule has 1 aromatic carbocycles. The molecular formula is C13H15NO. The second kappa shape index (κ2) is 3.17. The molecule has 0 N–H and O–H groups in total. The van der Waals surface area contributed by atoms with Gasteiger partial charge in [0.2, 0.25) is 0 Å². The van der Waals surface area contributed by atoms with E-state index >= 15 is 0 Å². The van der Waals surface area contributed by atoms with Crippen molar-refractivity contribution in [3.63, 3.8) is 0 Å². The molecule has 0 unspecified atom stereocenters. The summed E-state index contributed by atoms with van der Waals surface area (Å²) in [5.74, 6) is 0. The fourth-order valence-corrected chi connectivity index (χ4v) is 2.95.